The van der Waals surface area contributed by atoms with Gasteiger partial charge < -0.3 is 14.9 Å². The predicted octanol–water partition coefficient (Wildman–Crippen LogP) is 1.83. The Kier molecular flexibility index (Phi) is 2.79. The number of aromatic nitrogens is 3. The topological polar surface area (TPSA) is 62.7 Å². The number of nitrogens with one attached hydrogen (secondary N) is 2. The van der Waals surface area contributed by atoms with Crippen molar-refractivity contribution < 1.29 is 4.79 Å². The average Bonchev–Trinajstić information content (AvgIpc) is 3.04. The number of aromatic amines is 1. The monoisotopic (exact) mass is 254 g/mol. The van der Waals surface area contributed by atoms with E-state index in [9.17, 15) is 4.79 Å². The number of H-pyrrole nitrogens is 1. The number of aryl methyl sites for hydroxylation is 1. The Hall–Kier alpha value is -2.56. The molecule has 0 saturated heterocycles. The summed E-state index contributed by atoms with van der Waals surface area (Å²) in [4.78, 5) is 19.5. The van der Waals surface area contributed by atoms with E-state index in [1.807, 2.05) is 48.3 Å². The highest BCUT2D eigenvalue weighted by atomic mass is 16.1. The second-order valence-electron chi connectivity index (χ2n) is 4.38. The molecule has 1 aromatic carbocycles. The number of hydrogen-bond acceptors (Lipinski definition) is 2. The minimum absolute atomic E-state index is 0.101. The molecule has 0 fully saturated rings. The number of imidazole rings is 1. The lowest BCUT2D eigenvalue weighted by atomic mass is 10.1. The minimum Gasteiger partial charge on any atom is -0.361 e. The van der Waals surface area contributed by atoms with Crippen molar-refractivity contribution in [3.05, 3.63) is 54.2 Å². The fourth-order valence-corrected chi connectivity index (χ4v) is 2.10. The van der Waals surface area contributed by atoms with Gasteiger partial charge in [0.1, 0.15) is 5.82 Å². The maximum absolute atomic E-state index is 12.2. The van der Waals surface area contributed by atoms with Crippen LogP contribution in [-0.2, 0) is 13.6 Å². The summed E-state index contributed by atoms with van der Waals surface area (Å²) in [6.45, 7) is 0.416. The Morgan fingerprint density at radius 1 is 1.42 bits per heavy atom. The van der Waals surface area contributed by atoms with Gasteiger partial charge in [0.25, 0.3) is 5.91 Å². The van der Waals surface area contributed by atoms with Crippen molar-refractivity contribution in [1.82, 2.24) is 19.9 Å². The van der Waals surface area contributed by atoms with Gasteiger partial charge in [0.05, 0.1) is 17.6 Å². The Labute approximate surface area is 110 Å². The van der Waals surface area contributed by atoms with Gasteiger partial charge in [-0.25, -0.2) is 4.98 Å². The molecule has 96 valence electrons. The van der Waals surface area contributed by atoms with Gasteiger partial charge in [0.2, 0.25) is 0 Å². The third-order valence-electron chi connectivity index (χ3n) is 3.16. The van der Waals surface area contributed by atoms with E-state index in [1.54, 1.807) is 6.20 Å². The van der Waals surface area contributed by atoms with Crippen LogP contribution >= 0.6 is 0 Å². The summed E-state index contributed by atoms with van der Waals surface area (Å²) in [5.74, 6) is 0.725. The first-order chi connectivity index (χ1) is 9.25. The number of hydrogen-bond donors (Lipinski definition) is 2. The first kappa shape index (κ1) is 11.5. The smallest absolute Gasteiger partial charge is 0.253 e. The molecular formula is C14H14N4O. The normalized spacial score (nSPS) is 10.8. The van der Waals surface area contributed by atoms with Crippen molar-refractivity contribution >= 4 is 16.8 Å². The minimum atomic E-state index is -0.101. The lowest BCUT2D eigenvalue weighted by molar-refractivity contribution is 0.0951. The summed E-state index contributed by atoms with van der Waals surface area (Å²) >= 11 is 0. The van der Waals surface area contributed by atoms with Crippen LogP contribution in [0.1, 0.15) is 16.2 Å². The molecule has 0 bridgehead atoms. The van der Waals surface area contributed by atoms with E-state index in [0.717, 1.165) is 16.7 Å². The van der Waals surface area contributed by atoms with E-state index < -0.39 is 0 Å². The number of rotatable bonds is 3. The van der Waals surface area contributed by atoms with E-state index in [1.165, 1.54) is 0 Å². The molecular weight excluding hydrogens is 240 g/mol. The highest BCUT2D eigenvalue weighted by Crippen LogP contribution is 2.16. The van der Waals surface area contributed by atoms with Crippen molar-refractivity contribution in [2.24, 2.45) is 7.05 Å². The Balaban J connectivity index is 1.81. The largest absolute Gasteiger partial charge is 0.361 e. The third kappa shape index (κ3) is 2.10. The molecule has 0 saturated carbocycles. The number of fused-ring (bicyclic) bond motifs is 1. The lowest BCUT2D eigenvalue weighted by Gasteiger charge is -2.06. The van der Waals surface area contributed by atoms with E-state index in [0.29, 0.717) is 12.1 Å². The van der Waals surface area contributed by atoms with Crippen LogP contribution in [0.4, 0.5) is 0 Å². The molecule has 0 atom stereocenters. The van der Waals surface area contributed by atoms with Gasteiger partial charge >= 0.3 is 0 Å². The van der Waals surface area contributed by atoms with Crippen molar-refractivity contribution in [3.8, 4) is 0 Å². The van der Waals surface area contributed by atoms with Crippen LogP contribution in [-0.4, -0.2) is 20.4 Å². The van der Waals surface area contributed by atoms with Crippen LogP contribution in [0.5, 0.6) is 0 Å². The van der Waals surface area contributed by atoms with E-state index >= 15 is 0 Å². The zero-order chi connectivity index (χ0) is 13.2. The number of para-hydroxylation sites is 1. The van der Waals surface area contributed by atoms with Crippen LogP contribution in [0.2, 0.25) is 0 Å². The van der Waals surface area contributed by atoms with Crippen LogP contribution in [0.25, 0.3) is 10.9 Å². The highest BCUT2D eigenvalue weighted by molar-refractivity contribution is 6.05. The van der Waals surface area contributed by atoms with Crippen LogP contribution in [0.15, 0.2) is 42.9 Å². The van der Waals surface area contributed by atoms with Gasteiger partial charge in [-0.05, 0) is 12.1 Å². The first-order valence-electron chi connectivity index (χ1n) is 6.06. The fourth-order valence-electron chi connectivity index (χ4n) is 2.10. The molecule has 0 radical (unpaired) electrons. The molecule has 2 aromatic heterocycles. The van der Waals surface area contributed by atoms with E-state index in [2.05, 4.69) is 15.3 Å². The average molecular weight is 254 g/mol. The summed E-state index contributed by atoms with van der Waals surface area (Å²) in [5.41, 5.74) is 1.51. The van der Waals surface area contributed by atoms with Crippen molar-refractivity contribution in [2.75, 3.05) is 0 Å². The number of amides is 1. The van der Waals surface area contributed by atoms with E-state index in [-0.39, 0.29) is 5.91 Å². The Bertz CT molecular complexity index is 726. The molecule has 3 aromatic rings. The summed E-state index contributed by atoms with van der Waals surface area (Å²) in [6, 6.07) is 7.62. The van der Waals surface area contributed by atoms with Gasteiger partial charge in [-0.1, -0.05) is 12.1 Å². The summed E-state index contributed by atoms with van der Waals surface area (Å²) < 4.78 is 1.88. The van der Waals surface area contributed by atoms with Gasteiger partial charge in [-0.3, -0.25) is 4.79 Å². The van der Waals surface area contributed by atoms with Crippen molar-refractivity contribution in [3.63, 3.8) is 0 Å². The van der Waals surface area contributed by atoms with Gasteiger partial charge in [0, 0.05) is 31.0 Å². The van der Waals surface area contributed by atoms with Crippen LogP contribution in [0.3, 0.4) is 0 Å². The summed E-state index contributed by atoms with van der Waals surface area (Å²) in [6.07, 6.45) is 5.40. The quantitative estimate of drug-likeness (QED) is 0.749. The molecule has 5 heteroatoms. The molecule has 3 rings (SSSR count). The van der Waals surface area contributed by atoms with Gasteiger partial charge in [0.15, 0.2) is 0 Å². The number of carbonyl (C=O) groups is 1. The van der Waals surface area contributed by atoms with E-state index in [4.69, 9.17) is 0 Å². The molecule has 2 N–H and O–H groups in total. The molecule has 0 unspecified atom stereocenters. The Morgan fingerprint density at radius 3 is 3.11 bits per heavy atom. The SMILES string of the molecule is Cn1ccnc1CNC(=O)c1cccc2cc[nH]c12. The van der Waals surface area contributed by atoms with Gasteiger partial charge in [-0.15, -0.1) is 0 Å². The predicted molar refractivity (Wildman–Crippen MR) is 72.7 cm³/mol. The molecule has 0 aliphatic carbocycles. The zero-order valence-electron chi connectivity index (χ0n) is 10.6. The first-order valence-corrected chi connectivity index (χ1v) is 6.06. The molecule has 0 spiro atoms. The fraction of sp³-hybridized carbons (Fsp3) is 0.143. The zero-order valence-corrected chi connectivity index (χ0v) is 10.6. The van der Waals surface area contributed by atoms with Gasteiger partial charge in [-0.2, -0.15) is 0 Å². The second kappa shape index (κ2) is 4.61. The molecule has 2 heterocycles. The highest BCUT2D eigenvalue weighted by Gasteiger charge is 2.11. The maximum Gasteiger partial charge on any atom is 0.253 e. The summed E-state index contributed by atoms with van der Waals surface area (Å²) in [7, 11) is 1.90. The number of nitrogens with zero attached hydrogens (tertiary/aromatic N) is 2. The van der Waals surface area contributed by atoms with Crippen LogP contribution in [0, 0.1) is 0 Å². The molecule has 5 nitrogen and oxygen atoms in total. The Morgan fingerprint density at radius 2 is 2.32 bits per heavy atom. The maximum atomic E-state index is 12.2. The molecule has 0 aliphatic rings. The van der Waals surface area contributed by atoms with Crippen molar-refractivity contribution in [1.29, 1.82) is 0 Å². The lowest BCUT2D eigenvalue weighted by Crippen LogP contribution is -2.24. The molecule has 19 heavy (non-hydrogen) atoms. The standard InChI is InChI=1S/C14H14N4O/c1-18-8-7-15-12(18)9-17-14(19)11-4-2-3-10-5-6-16-13(10)11/h2-8,16H,9H2,1H3,(H,17,19). The number of carbonyl (C=O) groups excluding carboxylic acids is 1. The third-order valence-corrected chi connectivity index (χ3v) is 3.16. The molecule has 0 aliphatic heterocycles. The number of benzene rings is 1. The van der Waals surface area contributed by atoms with Crippen molar-refractivity contribution in [2.45, 2.75) is 6.54 Å². The van der Waals surface area contributed by atoms with Crippen LogP contribution < -0.4 is 5.32 Å². The second-order valence-corrected chi connectivity index (χ2v) is 4.38. The molecule has 1 amide bonds. The summed E-state index contributed by atoms with van der Waals surface area (Å²) in [5, 5.41) is 3.91.